The Balaban J connectivity index is 1.50. The van der Waals surface area contributed by atoms with Gasteiger partial charge in [0, 0.05) is 19.5 Å². The Labute approximate surface area is 270 Å². The highest BCUT2D eigenvalue weighted by atomic mass is 19.4. The van der Waals surface area contributed by atoms with Gasteiger partial charge in [0.25, 0.3) is 0 Å². The fourth-order valence-electron chi connectivity index (χ4n) is 5.11. The summed E-state index contributed by atoms with van der Waals surface area (Å²) in [6, 6.07) is 22.3. The van der Waals surface area contributed by atoms with Gasteiger partial charge in [-0.2, -0.15) is 0 Å². The molecular weight excluding hydrogens is 618 g/mol. The molecule has 4 aromatic rings. The number of nitrogens with zero attached hydrogens (tertiary/aromatic N) is 1. The number of halogens is 4. The number of aliphatic carboxylic acids is 1. The predicted octanol–water partition coefficient (Wildman–Crippen LogP) is 8.28. The normalized spacial score (nSPS) is 11.4. The van der Waals surface area contributed by atoms with Gasteiger partial charge in [0.15, 0.2) is 0 Å². The number of carboxylic acid groups (broad SMARTS) is 2. The van der Waals surface area contributed by atoms with Gasteiger partial charge in [0.1, 0.15) is 23.9 Å². The van der Waals surface area contributed by atoms with Gasteiger partial charge in [-0.05, 0) is 109 Å². The molecule has 0 fully saturated rings. The van der Waals surface area contributed by atoms with E-state index < -0.39 is 18.3 Å². The van der Waals surface area contributed by atoms with Gasteiger partial charge in [-0.15, -0.1) is 13.2 Å². The summed E-state index contributed by atoms with van der Waals surface area (Å²) in [7, 11) is 0. The number of rotatable bonds is 16. The number of hydrogen-bond donors (Lipinski definition) is 2. The van der Waals surface area contributed by atoms with E-state index in [1.54, 1.807) is 18.2 Å². The quantitative estimate of drug-likeness (QED) is 0.0928. The molecule has 0 saturated heterocycles. The second-order valence-electron chi connectivity index (χ2n) is 11.1. The highest BCUT2D eigenvalue weighted by molar-refractivity contribution is 5.87. The highest BCUT2D eigenvalue weighted by Crippen LogP contribution is 2.30. The van der Waals surface area contributed by atoms with E-state index >= 15 is 0 Å². The summed E-state index contributed by atoms with van der Waals surface area (Å²) in [6.45, 7) is 3.34. The lowest BCUT2D eigenvalue weighted by atomic mass is 9.99. The van der Waals surface area contributed by atoms with E-state index in [0.717, 1.165) is 27.8 Å². The van der Waals surface area contributed by atoms with Crippen LogP contribution in [0.4, 0.5) is 17.6 Å². The van der Waals surface area contributed by atoms with Gasteiger partial charge in [0.2, 0.25) is 0 Å². The zero-order valence-corrected chi connectivity index (χ0v) is 25.7. The summed E-state index contributed by atoms with van der Waals surface area (Å²) in [4.78, 5) is 24.3. The van der Waals surface area contributed by atoms with Crippen LogP contribution in [0.5, 0.6) is 11.5 Å². The molecule has 0 heterocycles. The van der Waals surface area contributed by atoms with Gasteiger partial charge >= 0.3 is 18.3 Å². The second kappa shape index (κ2) is 16.1. The standard InChI is InChI=1S/C36H35F4NO6/c1-24-5-14-30(37)21-32(24)27-10-8-26(9-11-27)23-46-33-16-15-31(47-36(38,39)40)20-29(33)17-19-41(18-3-2-4-34(42)43)22-25-6-12-28(13-7-25)35(44)45/h5-16,20-21H,2-4,17-19,22-23H2,1H3,(H,42,43)(H,44,45). The first-order chi connectivity index (χ1) is 22.4. The largest absolute Gasteiger partial charge is 0.573 e. The van der Waals surface area contributed by atoms with Crippen LogP contribution < -0.4 is 9.47 Å². The number of carboxylic acids is 2. The van der Waals surface area contributed by atoms with Crippen molar-refractivity contribution >= 4 is 11.9 Å². The van der Waals surface area contributed by atoms with Crippen LogP contribution in [-0.4, -0.2) is 46.5 Å². The number of carbonyl (C=O) groups is 2. The molecule has 0 radical (unpaired) electrons. The van der Waals surface area contributed by atoms with Crippen molar-refractivity contribution in [2.24, 2.45) is 0 Å². The third-order valence-electron chi connectivity index (χ3n) is 7.54. The lowest BCUT2D eigenvalue weighted by molar-refractivity contribution is -0.274. The molecule has 248 valence electrons. The molecule has 0 unspecified atom stereocenters. The van der Waals surface area contributed by atoms with E-state index in [4.69, 9.17) is 9.84 Å². The first-order valence-corrected chi connectivity index (χ1v) is 15.0. The Morgan fingerprint density at radius 1 is 0.830 bits per heavy atom. The molecule has 4 aromatic carbocycles. The van der Waals surface area contributed by atoms with Crippen LogP contribution in [0.15, 0.2) is 84.9 Å². The van der Waals surface area contributed by atoms with Crippen LogP contribution >= 0.6 is 0 Å². The lowest BCUT2D eigenvalue weighted by Crippen LogP contribution is -2.27. The number of alkyl halides is 3. The Kier molecular flexibility index (Phi) is 12.0. The molecule has 0 atom stereocenters. The molecule has 2 N–H and O–H groups in total. The summed E-state index contributed by atoms with van der Waals surface area (Å²) in [6.07, 6.45) is -3.55. The van der Waals surface area contributed by atoms with E-state index in [9.17, 15) is 32.3 Å². The van der Waals surface area contributed by atoms with E-state index in [1.807, 2.05) is 36.1 Å². The fraction of sp³-hybridized carbons (Fsp3) is 0.278. The van der Waals surface area contributed by atoms with Crippen molar-refractivity contribution in [3.8, 4) is 22.6 Å². The summed E-state index contributed by atoms with van der Waals surface area (Å²) in [5.74, 6) is -2.29. The number of unbranched alkanes of at least 4 members (excludes halogenated alkanes) is 1. The summed E-state index contributed by atoms with van der Waals surface area (Å²) in [5.41, 5.74) is 4.78. The Morgan fingerprint density at radius 2 is 1.53 bits per heavy atom. The minimum atomic E-state index is -4.88. The van der Waals surface area contributed by atoms with Gasteiger partial charge in [-0.25, -0.2) is 9.18 Å². The minimum absolute atomic E-state index is 0.0127. The lowest BCUT2D eigenvalue weighted by Gasteiger charge is -2.23. The Hall–Kier alpha value is -4.90. The van der Waals surface area contributed by atoms with Crippen molar-refractivity contribution in [1.82, 2.24) is 4.90 Å². The summed E-state index contributed by atoms with van der Waals surface area (Å²) < 4.78 is 63.2. The maximum atomic E-state index is 13.8. The zero-order valence-electron chi connectivity index (χ0n) is 25.7. The summed E-state index contributed by atoms with van der Waals surface area (Å²) in [5, 5.41) is 18.2. The third kappa shape index (κ3) is 11.1. The molecular formula is C36H35F4NO6. The average Bonchev–Trinajstić information content (AvgIpc) is 3.02. The number of aromatic carboxylic acids is 1. The molecule has 0 aliphatic rings. The molecule has 47 heavy (non-hydrogen) atoms. The predicted molar refractivity (Wildman–Crippen MR) is 168 cm³/mol. The molecule has 11 heteroatoms. The number of ether oxygens (including phenoxy) is 2. The molecule has 0 amide bonds. The van der Waals surface area contributed by atoms with E-state index in [1.165, 1.54) is 42.5 Å². The van der Waals surface area contributed by atoms with Gasteiger partial charge in [-0.1, -0.05) is 42.5 Å². The summed E-state index contributed by atoms with van der Waals surface area (Å²) >= 11 is 0. The van der Waals surface area contributed by atoms with E-state index in [0.29, 0.717) is 43.8 Å². The number of benzene rings is 4. The smallest absolute Gasteiger partial charge is 0.489 e. The van der Waals surface area contributed by atoms with Crippen LogP contribution in [0.2, 0.25) is 0 Å². The SMILES string of the molecule is Cc1ccc(F)cc1-c1ccc(COc2ccc(OC(F)(F)F)cc2CCN(CCCCC(=O)O)Cc2ccc(C(=O)O)cc2)cc1. The average molecular weight is 654 g/mol. The monoisotopic (exact) mass is 653 g/mol. The van der Waals surface area contributed by atoms with Crippen molar-refractivity contribution in [2.45, 2.75) is 52.1 Å². The maximum Gasteiger partial charge on any atom is 0.573 e. The van der Waals surface area contributed by atoms with E-state index in [-0.39, 0.29) is 36.6 Å². The molecule has 0 aliphatic carbocycles. The van der Waals surface area contributed by atoms with Gasteiger partial charge in [0.05, 0.1) is 5.56 Å². The van der Waals surface area contributed by atoms with Crippen LogP contribution in [0.3, 0.4) is 0 Å². The van der Waals surface area contributed by atoms with Crippen LogP contribution in [0.1, 0.15) is 51.9 Å². The topological polar surface area (TPSA) is 96.3 Å². The molecule has 0 spiro atoms. The van der Waals surface area contributed by atoms with Crippen molar-refractivity contribution < 1.29 is 46.8 Å². The van der Waals surface area contributed by atoms with Gasteiger partial charge < -0.3 is 19.7 Å². The highest BCUT2D eigenvalue weighted by Gasteiger charge is 2.31. The first-order valence-electron chi connectivity index (χ1n) is 15.0. The van der Waals surface area contributed by atoms with Crippen molar-refractivity contribution in [3.05, 3.63) is 119 Å². The molecule has 0 saturated carbocycles. The van der Waals surface area contributed by atoms with Crippen molar-refractivity contribution in [3.63, 3.8) is 0 Å². The second-order valence-corrected chi connectivity index (χ2v) is 11.1. The van der Waals surface area contributed by atoms with Crippen LogP contribution in [0, 0.1) is 12.7 Å². The molecule has 0 aromatic heterocycles. The maximum absolute atomic E-state index is 13.8. The Morgan fingerprint density at radius 3 is 2.19 bits per heavy atom. The number of aryl methyl sites for hydroxylation is 1. The van der Waals surface area contributed by atoms with Gasteiger partial charge in [-0.3, -0.25) is 9.69 Å². The molecule has 7 nitrogen and oxygen atoms in total. The minimum Gasteiger partial charge on any atom is -0.489 e. The van der Waals surface area contributed by atoms with Crippen LogP contribution in [0.25, 0.3) is 11.1 Å². The van der Waals surface area contributed by atoms with Crippen LogP contribution in [-0.2, 0) is 24.4 Å². The molecule has 0 bridgehead atoms. The third-order valence-corrected chi connectivity index (χ3v) is 7.54. The number of hydrogen-bond acceptors (Lipinski definition) is 5. The fourth-order valence-corrected chi connectivity index (χ4v) is 5.11. The van der Waals surface area contributed by atoms with Crippen molar-refractivity contribution in [2.75, 3.05) is 13.1 Å². The Bertz CT molecular complexity index is 1660. The zero-order chi connectivity index (χ0) is 34.0. The molecule has 0 aliphatic heterocycles. The molecule has 4 rings (SSSR count). The first kappa shape index (κ1) is 35.0. The van der Waals surface area contributed by atoms with Crippen molar-refractivity contribution in [1.29, 1.82) is 0 Å². The van der Waals surface area contributed by atoms with E-state index in [2.05, 4.69) is 4.74 Å².